The van der Waals surface area contributed by atoms with Crippen molar-refractivity contribution in [2.24, 2.45) is 5.41 Å². The lowest BCUT2D eigenvalue weighted by Crippen LogP contribution is -2.40. The summed E-state index contributed by atoms with van der Waals surface area (Å²) in [4.78, 5) is 2.46. The first-order valence-electron chi connectivity index (χ1n) is 7.05. The van der Waals surface area contributed by atoms with Gasteiger partial charge in [-0.1, -0.05) is 26.0 Å². The monoisotopic (exact) mass is 312 g/mol. The van der Waals surface area contributed by atoms with Crippen LogP contribution < -0.4 is 4.72 Å². The molecule has 1 aliphatic heterocycles. The van der Waals surface area contributed by atoms with Gasteiger partial charge < -0.3 is 5.11 Å². The molecule has 1 aromatic carbocycles. The summed E-state index contributed by atoms with van der Waals surface area (Å²) in [6.07, 6.45) is 0. The van der Waals surface area contributed by atoms with Gasteiger partial charge in [-0.2, -0.15) is 0 Å². The zero-order chi connectivity index (χ0) is 15.9. The number of nitrogens with one attached hydrogen (secondary N) is 1. The molecule has 0 amide bonds. The fourth-order valence-electron chi connectivity index (χ4n) is 2.70. The van der Waals surface area contributed by atoms with Crippen molar-refractivity contribution in [3.05, 3.63) is 29.8 Å². The number of hydrogen-bond donors (Lipinski definition) is 2. The average molecular weight is 312 g/mol. The summed E-state index contributed by atoms with van der Waals surface area (Å²) in [6.45, 7) is 8.15. The van der Waals surface area contributed by atoms with Crippen LogP contribution in [0, 0.1) is 5.41 Å². The summed E-state index contributed by atoms with van der Waals surface area (Å²) in [5, 5.41) is 10.4. The molecule has 1 saturated heterocycles. The van der Waals surface area contributed by atoms with E-state index >= 15 is 0 Å². The largest absolute Gasteiger partial charge is 0.388 e. The van der Waals surface area contributed by atoms with Crippen LogP contribution in [0.1, 0.15) is 26.3 Å². The van der Waals surface area contributed by atoms with E-state index in [2.05, 4.69) is 23.5 Å². The topological polar surface area (TPSA) is 69.6 Å². The lowest BCUT2D eigenvalue weighted by atomic mass is 9.79. The van der Waals surface area contributed by atoms with Crippen LogP contribution in [0.3, 0.4) is 0 Å². The Morgan fingerprint density at radius 3 is 2.19 bits per heavy atom. The summed E-state index contributed by atoms with van der Waals surface area (Å²) in [5.74, 6) is 0. The van der Waals surface area contributed by atoms with Gasteiger partial charge in [-0.25, -0.2) is 13.1 Å². The zero-order valence-corrected chi connectivity index (χ0v) is 13.9. The number of benzene rings is 1. The number of sulfonamides is 1. The second kappa shape index (κ2) is 5.35. The summed E-state index contributed by atoms with van der Waals surface area (Å²) in [5.41, 5.74) is 0.184. The van der Waals surface area contributed by atoms with Crippen molar-refractivity contribution in [1.82, 2.24) is 9.62 Å². The lowest BCUT2D eigenvalue weighted by molar-refractivity contribution is -0.0111. The summed E-state index contributed by atoms with van der Waals surface area (Å²) < 4.78 is 25.6. The number of likely N-dealkylation sites (tertiary alicyclic amines) is 1. The van der Waals surface area contributed by atoms with Gasteiger partial charge in [-0.3, -0.25) is 4.90 Å². The molecule has 1 fully saturated rings. The van der Waals surface area contributed by atoms with Crippen molar-refractivity contribution in [1.29, 1.82) is 0 Å². The molecule has 1 atom stereocenters. The van der Waals surface area contributed by atoms with Gasteiger partial charge in [0.05, 0.1) is 10.5 Å². The van der Waals surface area contributed by atoms with E-state index in [1.165, 1.54) is 7.05 Å². The lowest BCUT2D eigenvalue weighted by Gasteiger charge is -2.31. The van der Waals surface area contributed by atoms with Gasteiger partial charge >= 0.3 is 0 Å². The molecule has 0 saturated carbocycles. The molecule has 118 valence electrons. The van der Waals surface area contributed by atoms with Crippen LogP contribution in [-0.2, 0) is 16.6 Å². The van der Waals surface area contributed by atoms with E-state index in [0.29, 0.717) is 13.1 Å². The first-order valence-corrected chi connectivity index (χ1v) is 8.53. The maximum atomic E-state index is 11.7. The van der Waals surface area contributed by atoms with Crippen molar-refractivity contribution < 1.29 is 13.5 Å². The van der Waals surface area contributed by atoms with Gasteiger partial charge in [0.2, 0.25) is 10.0 Å². The fourth-order valence-corrected chi connectivity index (χ4v) is 3.43. The number of aliphatic hydroxyl groups is 1. The molecular formula is C15H24N2O3S. The molecule has 2 N–H and O–H groups in total. The Hall–Kier alpha value is -0.950. The Bertz CT molecular complexity index is 590. The minimum atomic E-state index is -3.38. The van der Waals surface area contributed by atoms with Gasteiger partial charge in [-0.15, -0.1) is 0 Å². The van der Waals surface area contributed by atoms with Crippen molar-refractivity contribution in [2.75, 3.05) is 20.1 Å². The molecule has 0 bridgehead atoms. The zero-order valence-electron chi connectivity index (χ0n) is 13.0. The Kier molecular flexibility index (Phi) is 4.19. The minimum absolute atomic E-state index is 0.150. The third-order valence-electron chi connectivity index (χ3n) is 4.52. The Morgan fingerprint density at radius 1 is 1.19 bits per heavy atom. The first-order chi connectivity index (χ1) is 9.57. The number of hydrogen-bond acceptors (Lipinski definition) is 4. The van der Waals surface area contributed by atoms with E-state index in [9.17, 15) is 13.5 Å². The maximum Gasteiger partial charge on any atom is 0.240 e. The SMILES string of the molecule is CNS(=O)(=O)c1ccc(CN2CC(C)(C)[C@](C)(O)C2)cc1. The van der Waals surface area contributed by atoms with E-state index in [1.807, 2.05) is 19.1 Å². The standard InChI is InChI=1S/C15H24N2O3S/c1-14(2)10-17(11-15(14,3)18)9-12-5-7-13(8-6-12)21(19,20)16-4/h5-8,16,18H,9-11H2,1-4H3/t15-/m1/s1. The van der Waals surface area contributed by atoms with E-state index in [-0.39, 0.29) is 10.3 Å². The second-order valence-corrected chi connectivity index (χ2v) is 8.54. The highest BCUT2D eigenvalue weighted by Gasteiger charge is 2.47. The molecule has 0 aromatic heterocycles. The predicted molar refractivity (Wildman–Crippen MR) is 82.4 cm³/mol. The highest BCUT2D eigenvalue weighted by molar-refractivity contribution is 7.89. The van der Waals surface area contributed by atoms with E-state index < -0.39 is 15.6 Å². The van der Waals surface area contributed by atoms with Gasteiger partial charge in [0.1, 0.15) is 0 Å². The van der Waals surface area contributed by atoms with Crippen LogP contribution in [-0.4, -0.2) is 44.2 Å². The quantitative estimate of drug-likeness (QED) is 0.876. The first kappa shape index (κ1) is 16.4. The smallest absolute Gasteiger partial charge is 0.240 e. The number of rotatable bonds is 4. The van der Waals surface area contributed by atoms with Crippen molar-refractivity contribution in [2.45, 2.75) is 37.8 Å². The van der Waals surface area contributed by atoms with E-state index in [0.717, 1.165) is 12.1 Å². The van der Waals surface area contributed by atoms with Crippen LogP contribution in [0.15, 0.2) is 29.2 Å². The maximum absolute atomic E-state index is 11.7. The van der Waals surface area contributed by atoms with Gasteiger partial charge in [-0.05, 0) is 31.7 Å². The van der Waals surface area contributed by atoms with Crippen LogP contribution in [0.25, 0.3) is 0 Å². The Labute approximate surface area is 127 Å². The third-order valence-corrected chi connectivity index (χ3v) is 5.95. The highest BCUT2D eigenvalue weighted by Crippen LogP contribution is 2.38. The highest BCUT2D eigenvalue weighted by atomic mass is 32.2. The molecule has 1 heterocycles. The van der Waals surface area contributed by atoms with E-state index in [1.54, 1.807) is 12.1 Å². The molecule has 1 aliphatic rings. The molecule has 2 rings (SSSR count). The van der Waals surface area contributed by atoms with Gasteiger partial charge in [0.25, 0.3) is 0 Å². The van der Waals surface area contributed by atoms with Crippen molar-refractivity contribution in [3.63, 3.8) is 0 Å². The third kappa shape index (κ3) is 3.29. The minimum Gasteiger partial charge on any atom is -0.388 e. The number of β-amino-alcohol motifs (C(OH)–C–C–N with tert-alkyl or cyclic N) is 1. The van der Waals surface area contributed by atoms with Crippen molar-refractivity contribution in [3.8, 4) is 0 Å². The predicted octanol–water partition coefficient (Wildman–Crippen LogP) is 1.19. The summed E-state index contributed by atoms with van der Waals surface area (Å²) in [6, 6.07) is 6.87. The molecule has 0 spiro atoms. The summed E-state index contributed by atoms with van der Waals surface area (Å²) >= 11 is 0. The van der Waals surface area contributed by atoms with Crippen LogP contribution in [0.5, 0.6) is 0 Å². The molecule has 0 unspecified atom stereocenters. The van der Waals surface area contributed by atoms with Crippen LogP contribution >= 0.6 is 0 Å². The molecule has 1 aromatic rings. The molecule has 0 radical (unpaired) electrons. The fraction of sp³-hybridized carbons (Fsp3) is 0.600. The summed E-state index contributed by atoms with van der Waals surface area (Å²) in [7, 11) is -1.98. The molecule has 21 heavy (non-hydrogen) atoms. The molecular weight excluding hydrogens is 288 g/mol. The molecule has 5 nitrogen and oxygen atoms in total. The van der Waals surface area contributed by atoms with Gasteiger partial charge in [0.15, 0.2) is 0 Å². The van der Waals surface area contributed by atoms with Crippen molar-refractivity contribution >= 4 is 10.0 Å². The average Bonchev–Trinajstić information content (AvgIpc) is 2.58. The molecule has 6 heteroatoms. The van der Waals surface area contributed by atoms with Gasteiger partial charge in [0, 0.05) is 25.0 Å². The number of nitrogens with zero attached hydrogens (tertiary/aromatic N) is 1. The normalized spacial score (nSPS) is 26.1. The second-order valence-electron chi connectivity index (χ2n) is 6.65. The Balaban J connectivity index is 2.09. The Morgan fingerprint density at radius 2 is 1.76 bits per heavy atom. The van der Waals surface area contributed by atoms with Crippen LogP contribution in [0.4, 0.5) is 0 Å². The van der Waals surface area contributed by atoms with Crippen LogP contribution in [0.2, 0.25) is 0 Å². The van der Waals surface area contributed by atoms with E-state index in [4.69, 9.17) is 0 Å². The molecule has 0 aliphatic carbocycles.